The molecule has 0 aliphatic carbocycles. The molecule has 0 bridgehead atoms. The fourth-order valence-electron chi connectivity index (χ4n) is 3.28. The van der Waals surface area contributed by atoms with Gasteiger partial charge in [0.2, 0.25) is 17.5 Å². The van der Waals surface area contributed by atoms with Gasteiger partial charge in [-0.25, -0.2) is 0 Å². The van der Waals surface area contributed by atoms with E-state index in [1.807, 2.05) is 0 Å². The number of hydrogen-bond acceptors (Lipinski definition) is 11. The van der Waals surface area contributed by atoms with Gasteiger partial charge in [0.25, 0.3) is 0 Å². The highest BCUT2D eigenvalue weighted by Crippen LogP contribution is 2.27. The number of aryl methyl sites for hydroxylation is 2. The number of methoxy groups -OCH3 is 1. The van der Waals surface area contributed by atoms with E-state index in [1.165, 1.54) is 26.4 Å². The Morgan fingerprint density at radius 1 is 1.12 bits per heavy atom. The Kier molecular flexibility index (Phi) is 7.92. The molecule has 3 rings (SSSR count). The topological polar surface area (TPSA) is 165 Å². The molecule has 2 aromatic rings. The highest BCUT2D eigenvalue weighted by molar-refractivity contribution is 5.69. The lowest BCUT2D eigenvalue weighted by Crippen LogP contribution is -2.60. The van der Waals surface area contributed by atoms with E-state index in [9.17, 15) is 30.0 Å². The Morgan fingerprint density at radius 2 is 1.88 bits per heavy atom. The lowest BCUT2D eigenvalue weighted by Gasteiger charge is -2.39. The number of aromatic hydroxyl groups is 1. The van der Waals surface area contributed by atoms with Crippen molar-refractivity contribution in [2.45, 2.75) is 50.5 Å². The van der Waals surface area contributed by atoms with Gasteiger partial charge in [0, 0.05) is 12.5 Å². The Balaban J connectivity index is 1.58. The predicted octanol–water partition coefficient (Wildman–Crippen LogP) is 0.0248. The van der Waals surface area contributed by atoms with Gasteiger partial charge < -0.3 is 43.8 Å². The molecule has 1 aromatic carbocycles. The number of phenols is 1. The van der Waals surface area contributed by atoms with Crippen LogP contribution in [0.15, 0.2) is 39.7 Å². The van der Waals surface area contributed by atoms with Crippen molar-refractivity contribution in [2.24, 2.45) is 0 Å². The highest BCUT2D eigenvalue weighted by Gasteiger charge is 2.45. The molecule has 5 atom stereocenters. The smallest absolute Gasteiger partial charge is 0.306 e. The number of ether oxygens (including phenoxy) is 4. The van der Waals surface area contributed by atoms with Crippen molar-refractivity contribution >= 4 is 5.97 Å². The van der Waals surface area contributed by atoms with Gasteiger partial charge >= 0.3 is 5.97 Å². The molecule has 1 fully saturated rings. The minimum Gasteiger partial charge on any atom is -0.504 e. The van der Waals surface area contributed by atoms with E-state index >= 15 is 0 Å². The number of phenolic OH excluding ortho intramolecular Hbond substituents is 1. The van der Waals surface area contributed by atoms with Gasteiger partial charge in [0.1, 0.15) is 36.8 Å². The van der Waals surface area contributed by atoms with E-state index in [-0.39, 0.29) is 29.4 Å². The van der Waals surface area contributed by atoms with Crippen molar-refractivity contribution in [3.8, 4) is 17.2 Å². The fourth-order valence-corrected chi connectivity index (χ4v) is 3.28. The van der Waals surface area contributed by atoms with Crippen LogP contribution in [0, 0.1) is 6.92 Å². The Labute approximate surface area is 188 Å². The van der Waals surface area contributed by atoms with E-state index in [4.69, 9.17) is 23.4 Å². The second-order valence-corrected chi connectivity index (χ2v) is 7.49. The molecule has 11 nitrogen and oxygen atoms in total. The molecular weight excluding hydrogens is 440 g/mol. The number of aliphatic hydroxyl groups is 3. The van der Waals surface area contributed by atoms with Crippen molar-refractivity contribution in [3.05, 3.63) is 52.1 Å². The number of carbonyl (C=O) groups is 1. The molecule has 4 N–H and O–H groups in total. The van der Waals surface area contributed by atoms with Gasteiger partial charge in [-0.1, -0.05) is 6.07 Å². The Hall–Kier alpha value is -3.12. The summed E-state index contributed by atoms with van der Waals surface area (Å²) >= 11 is 0. The average molecular weight is 466 g/mol. The van der Waals surface area contributed by atoms with E-state index in [0.29, 0.717) is 6.42 Å². The molecule has 0 radical (unpaired) electrons. The monoisotopic (exact) mass is 466 g/mol. The van der Waals surface area contributed by atoms with Gasteiger partial charge in [0.15, 0.2) is 11.5 Å². The highest BCUT2D eigenvalue weighted by atomic mass is 16.7. The summed E-state index contributed by atoms with van der Waals surface area (Å²) in [5.74, 6) is -0.428. The van der Waals surface area contributed by atoms with Gasteiger partial charge in [-0.3, -0.25) is 9.59 Å². The van der Waals surface area contributed by atoms with Crippen LogP contribution < -0.4 is 14.9 Å². The Morgan fingerprint density at radius 3 is 2.58 bits per heavy atom. The van der Waals surface area contributed by atoms with Gasteiger partial charge in [-0.05, 0) is 31.0 Å². The summed E-state index contributed by atoms with van der Waals surface area (Å²) in [4.78, 5) is 24.1. The zero-order valence-corrected chi connectivity index (χ0v) is 18.0. The molecule has 0 unspecified atom stereocenters. The van der Waals surface area contributed by atoms with Crippen molar-refractivity contribution < 1.29 is 48.6 Å². The summed E-state index contributed by atoms with van der Waals surface area (Å²) in [6.45, 7) is 1.05. The zero-order chi connectivity index (χ0) is 24.1. The molecule has 180 valence electrons. The molecule has 0 spiro atoms. The SMILES string of the molecule is COc1cc(CCC(=O)OC[C@H]2O[C@@H](Oc3c(C)occc3=O)[C@H](O)[C@@H](O)[C@@H]2O)ccc1O. The fraction of sp³-hybridized carbons (Fsp3) is 0.455. The molecule has 1 aliphatic rings. The van der Waals surface area contributed by atoms with Crippen LogP contribution in [-0.2, 0) is 20.7 Å². The maximum absolute atomic E-state index is 12.2. The molecule has 0 saturated carbocycles. The number of aliphatic hydroxyl groups excluding tert-OH is 3. The summed E-state index contributed by atoms with van der Waals surface area (Å²) in [7, 11) is 1.41. The second kappa shape index (κ2) is 10.7. The minimum atomic E-state index is -1.67. The Bertz CT molecular complexity index is 1020. The van der Waals surface area contributed by atoms with Crippen LogP contribution in [-0.4, -0.2) is 70.8 Å². The summed E-state index contributed by atoms with van der Waals surface area (Å²) in [6, 6.07) is 5.80. The van der Waals surface area contributed by atoms with Crippen LogP contribution in [0.4, 0.5) is 0 Å². The van der Waals surface area contributed by atoms with Crippen LogP contribution in [0.3, 0.4) is 0 Å². The van der Waals surface area contributed by atoms with Crippen molar-refractivity contribution in [1.82, 2.24) is 0 Å². The standard InChI is InChI=1S/C22H26O11/c1-11-21(14(24)7-8-30-11)33-22-20(28)19(27)18(26)16(32-22)10-31-17(25)6-4-12-3-5-13(23)15(9-12)29-2/h3,5,7-9,16,18-20,22-23,26-28H,4,6,10H2,1-2H3/t16-,18-,19+,20-,22+/m1/s1. The second-order valence-electron chi connectivity index (χ2n) is 7.49. The van der Waals surface area contributed by atoms with Crippen molar-refractivity contribution in [3.63, 3.8) is 0 Å². The van der Waals surface area contributed by atoms with Gasteiger partial charge in [0.05, 0.1) is 13.4 Å². The van der Waals surface area contributed by atoms with Crippen LogP contribution >= 0.6 is 0 Å². The molecule has 33 heavy (non-hydrogen) atoms. The maximum atomic E-state index is 12.2. The molecular formula is C22H26O11. The zero-order valence-electron chi connectivity index (χ0n) is 18.0. The molecule has 11 heteroatoms. The number of hydrogen-bond donors (Lipinski definition) is 4. The predicted molar refractivity (Wildman–Crippen MR) is 111 cm³/mol. The number of carbonyl (C=O) groups excluding carboxylic acids is 1. The first-order valence-corrected chi connectivity index (χ1v) is 10.2. The van der Waals surface area contributed by atoms with Crippen LogP contribution in [0.5, 0.6) is 17.2 Å². The van der Waals surface area contributed by atoms with Crippen molar-refractivity contribution in [2.75, 3.05) is 13.7 Å². The summed E-state index contributed by atoms with van der Waals surface area (Å²) in [6.07, 6.45) is -6.17. The number of rotatable bonds is 8. The first kappa shape index (κ1) is 24.5. The van der Waals surface area contributed by atoms with E-state index in [1.54, 1.807) is 12.1 Å². The molecule has 1 aromatic heterocycles. The minimum absolute atomic E-state index is 0.00783. The van der Waals surface area contributed by atoms with Crippen LogP contribution in [0.2, 0.25) is 0 Å². The summed E-state index contributed by atoms with van der Waals surface area (Å²) in [5, 5.41) is 40.2. The van der Waals surface area contributed by atoms with Crippen LogP contribution in [0.25, 0.3) is 0 Å². The average Bonchev–Trinajstić information content (AvgIpc) is 2.80. The van der Waals surface area contributed by atoms with Crippen LogP contribution in [0.1, 0.15) is 17.7 Å². The van der Waals surface area contributed by atoms with E-state index in [0.717, 1.165) is 11.6 Å². The third-order valence-electron chi connectivity index (χ3n) is 5.18. The number of esters is 1. The third-order valence-corrected chi connectivity index (χ3v) is 5.18. The van der Waals surface area contributed by atoms with Gasteiger partial charge in [-0.2, -0.15) is 0 Å². The van der Waals surface area contributed by atoms with E-state index < -0.39 is 48.7 Å². The molecule has 1 aliphatic heterocycles. The van der Waals surface area contributed by atoms with E-state index in [2.05, 4.69) is 0 Å². The number of benzene rings is 1. The lowest BCUT2D eigenvalue weighted by atomic mass is 9.99. The first-order valence-electron chi connectivity index (χ1n) is 10.2. The molecule has 2 heterocycles. The first-order chi connectivity index (χ1) is 15.7. The third kappa shape index (κ3) is 5.82. The van der Waals surface area contributed by atoms with Crippen molar-refractivity contribution in [1.29, 1.82) is 0 Å². The summed E-state index contributed by atoms with van der Waals surface area (Å²) < 4.78 is 26.1. The normalized spacial score (nSPS) is 24.8. The quantitative estimate of drug-likeness (QED) is 0.388. The molecule has 1 saturated heterocycles. The van der Waals surface area contributed by atoms with Gasteiger partial charge in [-0.15, -0.1) is 0 Å². The largest absolute Gasteiger partial charge is 0.504 e. The molecule has 0 amide bonds. The lowest BCUT2D eigenvalue weighted by molar-refractivity contribution is -0.279. The summed E-state index contributed by atoms with van der Waals surface area (Å²) in [5.41, 5.74) is 0.212. The maximum Gasteiger partial charge on any atom is 0.306 e.